The quantitative estimate of drug-likeness (QED) is 0.774. The summed E-state index contributed by atoms with van der Waals surface area (Å²) in [7, 11) is 1.63. The van der Waals surface area contributed by atoms with E-state index in [0.29, 0.717) is 19.8 Å². The second kappa shape index (κ2) is 8.14. The number of nitrogens with one attached hydrogen (secondary N) is 1. The van der Waals surface area contributed by atoms with E-state index >= 15 is 0 Å². The minimum absolute atomic E-state index is 0.0273. The molecule has 7 nitrogen and oxygen atoms in total. The monoisotopic (exact) mass is 402 g/mol. The van der Waals surface area contributed by atoms with Crippen molar-refractivity contribution in [3.8, 4) is 0 Å². The Labute approximate surface area is 169 Å². The second-order valence-electron chi connectivity index (χ2n) is 7.24. The largest absolute Gasteiger partial charge is 0.383 e. The van der Waals surface area contributed by atoms with Gasteiger partial charge >= 0.3 is 0 Å². The topological polar surface area (TPSA) is 76.6 Å². The second-order valence-corrected chi connectivity index (χ2v) is 8.37. The number of hydrogen-bond donors (Lipinski definition) is 1. The van der Waals surface area contributed by atoms with Gasteiger partial charge in [0.2, 0.25) is 0 Å². The standard InChI is InChI=1S/C20H26N4O3S/c1-14-21-7-3-18(23-14)24-9-5-20(6-10-24)15-13-17(19(25)22-8-12-26-2)28-16(15)4-11-27-20/h3,7,13H,4-6,8-12H2,1-2H3,(H,22,25). The number of rotatable bonds is 5. The summed E-state index contributed by atoms with van der Waals surface area (Å²) in [6, 6.07) is 4.01. The van der Waals surface area contributed by atoms with E-state index in [0.717, 1.165) is 48.9 Å². The number of aromatic nitrogens is 2. The van der Waals surface area contributed by atoms with Crippen LogP contribution in [-0.2, 0) is 21.5 Å². The van der Waals surface area contributed by atoms with E-state index in [9.17, 15) is 4.79 Å². The Balaban J connectivity index is 1.49. The van der Waals surface area contributed by atoms with Gasteiger partial charge in [-0.1, -0.05) is 0 Å². The zero-order valence-electron chi connectivity index (χ0n) is 16.4. The van der Waals surface area contributed by atoms with Crippen molar-refractivity contribution in [1.29, 1.82) is 0 Å². The number of ether oxygens (including phenoxy) is 2. The van der Waals surface area contributed by atoms with E-state index in [4.69, 9.17) is 9.47 Å². The first kappa shape index (κ1) is 19.3. The molecule has 2 aliphatic rings. The summed E-state index contributed by atoms with van der Waals surface area (Å²) in [4.78, 5) is 25.5. The van der Waals surface area contributed by atoms with Crippen molar-refractivity contribution in [2.45, 2.75) is 31.8 Å². The lowest BCUT2D eigenvalue weighted by Crippen LogP contribution is -2.46. The first-order valence-corrected chi connectivity index (χ1v) is 10.5. The number of piperidine rings is 1. The molecule has 1 saturated heterocycles. The Bertz CT molecular complexity index is 846. The van der Waals surface area contributed by atoms with E-state index < -0.39 is 0 Å². The highest BCUT2D eigenvalue weighted by molar-refractivity contribution is 7.14. The third kappa shape index (κ3) is 3.76. The summed E-state index contributed by atoms with van der Waals surface area (Å²) in [5.74, 6) is 1.73. The van der Waals surface area contributed by atoms with E-state index in [1.807, 2.05) is 25.3 Å². The average Bonchev–Trinajstić information content (AvgIpc) is 3.15. The first-order chi connectivity index (χ1) is 13.6. The van der Waals surface area contributed by atoms with Crippen molar-refractivity contribution in [2.75, 3.05) is 44.9 Å². The maximum Gasteiger partial charge on any atom is 0.261 e. The van der Waals surface area contributed by atoms with Crippen LogP contribution in [0.1, 0.15) is 38.8 Å². The van der Waals surface area contributed by atoms with E-state index in [1.54, 1.807) is 18.4 Å². The Morgan fingerprint density at radius 3 is 3.00 bits per heavy atom. The van der Waals surface area contributed by atoms with Crippen LogP contribution in [-0.4, -0.2) is 55.8 Å². The van der Waals surface area contributed by atoms with Crippen LogP contribution in [0.4, 0.5) is 5.82 Å². The lowest BCUT2D eigenvalue weighted by atomic mass is 9.82. The van der Waals surface area contributed by atoms with Gasteiger partial charge in [-0.15, -0.1) is 11.3 Å². The molecule has 1 spiro atoms. The summed E-state index contributed by atoms with van der Waals surface area (Å²) >= 11 is 1.60. The van der Waals surface area contributed by atoms with Gasteiger partial charge in [-0.05, 0) is 37.5 Å². The van der Waals surface area contributed by atoms with Crippen LogP contribution >= 0.6 is 11.3 Å². The smallest absolute Gasteiger partial charge is 0.261 e. The number of hydrogen-bond acceptors (Lipinski definition) is 7. The molecule has 8 heteroatoms. The summed E-state index contributed by atoms with van der Waals surface area (Å²) in [5, 5.41) is 2.92. The Kier molecular flexibility index (Phi) is 5.61. The molecule has 1 N–H and O–H groups in total. The van der Waals surface area contributed by atoms with Crippen LogP contribution in [0, 0.1) is 6.92 Å². The molecule has 1 fully saturated rings. The number of anilines is 1. The molecule has 0 bridgehead atoms. The fourth-order valence-corrected chi connectivity index (χ4v) is 5.16. The summed E-state index contributed by atoms with van der Waals surface area (Å²) in [6.07, 6.45) is 4.47. The van der Waals surface area contributed by atoms with Crippen LogP contribution in [0.5, 0.6) is 0 Å². The van der Waals surface area contributed by atoms with Gasteiger partial charge in [-0.25, -0.2) is 9.97 Å². The van der Waals surface area contributed by atoms with Gasteiger partial charge in [0, 0.05) is 44.2 Å². The van der Waals surface area contributed by atoms with Crippen LogP contribution in [0.3, 0.4) is 0 Å². The molecule has 2 aliphatic heterocycles. The molecule has 4 heterocycles. The van der Waals surface area contributed by atoms with E-state index in [1.165, 1.54) is 10.4 Å². The predicted octanol–water partition coefficient (Wildman–Crippen LogP) is 2.29. The molecule has 4 rings (SSSR count). The number of thiophene rings is 1. The van der Waals surface area contributed by atoms with Gasteiger partial charge in [0.1, 0.15) is 11.6 Å². The molecule has 0 aromatic carbocycles. The van der Waals surface area contributed by atoms with Crippen LogP contribution in [0.25, 0.3) is 0 Å². The fraction of sp³-hybridized carbons (Fsp3) is 0.550. The highest BCUT2D eigenvalue weighted by Gasteiger charge is 2.42. The molecule has 0 unspecified atom stereocenters. The Hall–Kier alpha value is -2.03. The molecular weight excluding hydrogens is 376 g/mol. The summed E-state index contributed by atoms with van der Waals surface area (Å²) in [5.41, 5.74) is 0.924. The van der Waals surface area contributed by atoms with Crippen molar-refractivity contribution in [2.24, 2.45) is 0 Å². The van der Waals surface area contributed by atoms with Gasteiger partial charge in [0.15, 0.2) is 0 Å². The van der Waals surface area contributed by atoms with Gasteiger partial charge < -0.3 is 19.7 Å². The number of carbonyl (C=O) groups excluding carboxylic acids is 1. The van der Waals surface area contributed by atoms with Gasteiger partial charge in [0.25, 0.3) is 5.91 Å². The zero-order valence-corrected chi connectivity index (χ0v) is 17.2. The normalized spacial score (nSPS) is 18.1. The number of carbonyl (C=O) groups is 1. The van der Waals surface area contributed by atoms with Crippen LogP contribution in [0.15, 0.2) is 18.3 Å². The molecule has 2 aromatic rings. The molecule has 0 radical (unpaired) electrons. The molecule has 2 aromatic heterocycles. The van der Waals surface area contributed by atoms with Crippen molar-refractivity contribution < 1.29 is 14.3 Å². The van der Waals surface area contributed by atoms with Gasteiger partial charge in [-0.2, -0.15) is 0 Å². The maximum absolute atomic E-state index is 12.5. The molecule has 1 amide bonds. The number of fused-ring (bicyclic) bond motifs is 2. The lowest BCUT2D eigenvalue weighted by molar-refractivity contribution is -0.0757. The lowest BCUT2D eigenvalue weighted by Gasteiger charge is -2.44. The summed E-state index contributed by atoms with van der Waals surface area (Å²) < 4.78 is 11.3. The van der Waals surface area contributed by atoms with Crippen molar-refractivity contribution in [3.05, 3.63) is 39.5 Å². The molecule has 150 valence electrons. The number of nitrogens with zero attached hydrogens (tertiary/aromatic N) is 3. The van der Waals surface area contributed by atoms with Crippen LogP contribution < -0.4 is 10.2 Å². The number of amides is 1. The zero-order chi connectivity index (χ0) is 19.6. The molecule has 28 heavy (non-hydrogen) atoms. The van der Waals surface area contributed by atoms with Crippen molar-refractivity contribution >= 4 is 23.1 Å². The Morgan fingerprint density at radius 1 is 1.43 bits per heavy atom. The van der Waals surface area contributed by atoms with E-state index in [2.05, 4.69) is 20.2 Å². The molecule has 0 atom stereocenters. The number of methoxy groups -OCH3 is 1. The van der Waals surface area contributed by atoms with Gasteiger partial charge in [0.05, 0.1) is 23.7 Å². The third-order valence-electron chi connectivity index (χ3n) is 5.48. The highest BCUT2D eigenvalue weighted by atomic mass is 32.1. The molecule has 0 saturated carbocycles. The predicted molar refractivity (Wildman–Crippen MR) is 108 cm³/mol. The van der Waals surface area contributed by atoms with Crippen LogP contribution in [0.2, 0.25) is 0 Å². The fourth-order valence-electron chi connectivity index (χ4n) is 4.01. The van der Waals surface area contributed by atoms with Gasteiger partial charge in [-0.3, -0.25) is 4.79 Å². The van der Waals surface area contributed by atoms with E-state index in [-0.39, 0.29) is 11.5 Å². The molecule has 0 aliphatic carbocycles. The Morgan fingerprint density at radius 2 is 2.25 bits per heavy atom. The molecular formula is C20H26N4O3S. The number of aryl methyl sites for hydroxylation is 1. The average molecular weight is 403 g/mol. The minimum Gasteiger partial charge on any atom is -0.383 e. The highest BCUT2D eigenvalue weighted by Crippen LogP contribution is 2.45. The third-order valence-corrected chi connectivity index (χ3v) is 6.67. The SMILES string of the molecule is COCCNC(=O)c1cc2c(s1)CCOC21CCN(c2ccnc(C)n2)CC1. The minimum atomic E-state index is -0.284. The maximum atomic E-state index is 12.5. The van der Waals surface area contributed by atoms with Crippen molar-refractivity contribution in [1.82, 2.24) is 15.3 Å². The van der Waals surface area contributed by atoms with Crippen molar-refractivity contribution in [3.63, 3.8) is 0 Å². The first-order valence-electron chi connectivity index (χ1n) is 9.70. The summed E-state index contributed by atoms with van der Waals surface area (Å²) in [6.45, 7) is 5.41.